The topological polar surface area (TPSA) is 90.4 Å². The maximum absolute atomic E-state index is 10.6. The highest BCUT2D eigenvalue weighted by Gasteiger charge is 2.18. The normalized spacial score (nSPS) is 12.1. The number of aliphatic hydroxyl groups excluding tert-OH is 1. The Kier molecular flexibility index (Phi) is 4.31. The number of aryl methyl sites for hydroxylation is 1. The van der Waals surface area contributed by atoms with E-state index in [1.807, 2.05) is 18.2 Å². The summed E-state index contributed by atoms with van der Waals surface area (Å²) < 4.78 is 6.81. The molecule has 0 aliphatic carbocycles. The van der Waals surface area contributed by atoms with Crippen LogP contribution in [0.1, 0.15) is 5.69 Å². The van der Waals surface area contributed by atoms with Crippen LogP contribution in [0.4, 0.5) is 5.82 Å². The number of nitrogens with zero attached hydrogens (tertiary/aromatic N) is 3. The lowest BCUT2D eigenvalue weighted by molar-refractivity contribution is -0.389. The second-order valence-corrected chi connectivity index (χ2v) is 4.36. The first kappa shape index (κ1) is 14.0. The molecule has 0 saturated carbocycles. The Labute approximate surface area is 115 Å². The highest BCUT2D eigenvalue weighted by Crippen LogP contribution is 2.12. The molecular formula is C13H15N3O4. The van der Waals surface area contributed by atoms with Crippen molar-refractivity contribution in [1.29, 1.82) is 0 Å². The van der Waals surface area contributed by atoms with E-state index in [-0.39, 0.29) is 19.0 Å². The second-order valence-electron chi connectivity index (χ2n) is 4.36. The van der Waals surface area contributed by atoms with Crippen molar-refractivity contribution in [3.63, 3.8) is 0 Å². The number of benzene rings is 1. The molecule has 0 spiro atoms. The number of aromatic nitrogens is 2. The molecule has 1 heterocycles. The maximum atomic E-state index is 10.6. The summed E-state index contributed by atoms with van der Waals surface area (Å²) in [6.07, 6.45) is -0.798. The lowest BCUT2D eigenvalue weighted by Crippen LogP contribution is -2.24. The predicted octanol–water partition coefficient (Wildman–Crippen LogP) is 1.54. The van der Waals surface area contributed by atoms with Gasteiger partial charge in [-0.2, -0.15) is 4.68 Å². The summed E-state index contributed by atoms with van der Waals surface area (Å²) in [5, 5.41) is 24.3. The number of aliphatic hydroxyl groups is 1. The fourth-order valence-corrected chi connectivity index (χ4v) is 1.73. The van der Waals surface area contributed by atoms with Gasteiger partial charge in [-0.3, -0.25) is 0 Å². The SMILES string of the molecule is Cc1cc([N+](=O)[O-])nn1CC(O)COc1ccccc1. The number of para-hydroxylation sites is 1. The molecule has 106 valence electrons. The van der Waals surface area contributed by atoms with Crippen molar-refractivity contribution in [3.05, 3.63) is 52.2 Å². The molecule has 1 aromatic carbocycles. The van der Waals surface area contributed by atoms with Gasteiger partial charge in [0.25, 0.3) is 0 Å². The van der Waals surface area contributed by atoms with Crippen molar-refractivity contribution >= 4 is 5.82 Å². The average Bonchev–Trinajstić information content (AvgIpc) is 2.79. The Hall–Kier alpha value is -2.41. The second kappa shape index (κ2) is 6.16. The van der Waals surface area contributed by atoms with E-state index in [0.717, 1.165) is 0 Å². The van der Waals surface area contributed by atoms with Crippen molar-refractivity contribution < 1.29 is 14.8 Å². The van der Waals surface area contributed by atoms with Gasteiger partial charge in [-0.25, -0.2) is 0 Å². The summed E-state index contributed by atoms with van der Waals surface area (Å²) >= 11 is 0. The Morgan fingerprint density at radius 2 is 2.15 bits per heavy atom. The number of nitro groups is 1. The zero-order chi connectivity index (χ0) is 14.5. The molecular weight excluding hydrogens is 262 g/mol. The molecule has 20 heavy (non-hydrogen) atoms. The van der Waals surface area contributed by atoms with Crippen LogP contribution in [0.5, 0.6) is 5.75 Å². The van der Waals surface area contributed by atoms with Crippen molar-refractivity contribution in [3.8, 4) is 5.75 Å². The van der Waals surface area contributed by atoms with Gasteiger partial charge in [0.15, 0.2) is 0 Å². The van der Waals surface area contributed by atoms with Gasteiger partial charge in [0.1, 0.15) is 18.5 Å². The van der Waals surface area contributed by atoms with Gasteiger partial charge in [0, 0.05) is 0 Å². The molecule has 0 radical (unpaired) electrons. The molecule has 0 fully saturated rings. The molecule has 0 amide bonds. The van der Waals surface area contributed by atoms with Crippen molar-refractivity contribution in [1.82, 2.24) is 9.78 Å². The van der Waals surface area contributed by atoms with Crippen LogP contribution in [-0.4, -0.2) is 32.5 Å². The van der Waals surface area contributed by atoms with E-state index in [4.69, 9.17) is 4.74 Å². The van der Waals surface area contributed by atoms with Crippen LogP contribution < -0.4 is 4.74 Å². The monoisotopic (exact) mass is 277 g/mol. The Balaban J connectivity index is 1.91. The van der Waals surface area contributed by atoms with Gasteiger partial charge in [-0.05, 0) is 24.0 Å². The Bertz CT molecular complexity index is 583. The first-order valence-electron chi connectivity index (χ1n) is 6.11. The zero-order valence-electron chi connectivity index (χ0n) is 11.0. The third-order valence-electron chi connectivity index (χ3n) is 2.72. The van der Waals surface area contributed by atoms with Gasteiger partial charge in [-0.15, -0.1) is 0 Å². The van der Waals surface area contributed by atoms with E-state index in [9.17, 15) is 15.2 Å². The molecule has 7 heteroatoms. The summed E-state index contributed by atoms with van der Waals surface area (Å²) in [7, 11) is 0. The zero-order valence-corrected chi connectivity index (χ0v) is 11.0. The van der Waals surface area contributed by atoms with Crippen molar-refractivity contribution in [2.45, 2.75) is 19.6 Å². The lowest BCUT2D eigenvalue weighted by Gasteiger charge is -2.11. The van der Waals surface area contributed by atoms with Gasteiger partial charge in [0.05, 0.1) is 23.4 Å². The molecule has 0 bridgehead atoms. The smallest absolute Gasteiger partial charge is 0.390 e. The van der Waals surface area contributed by atoms with E-state index in [2.05, 4.69) is 5.10 Å². The van der Waals surface area contributed by atoms with E-state index in [1.165, 1.54) is 10.7 Å². The van der Waals surface area contributed by atoms with Crippen LogP contribution in [-0.2, 0) is 6.54 Å². The van der Waals surface area contributed by atoms with Gasteiger partial charge in [0.2, 0.25) is 0 Å². The minimum absolute atomic E-state index is 0.0944. The van der Waals surface area contributed by atoms with E-state index in [0.29, 0.717) is 11.4 Å². The molecule has 1 atom stereocenters. The van der Waals surface area contributed by atoms with Crippen LogP contribution in [0.25, 0.3) is 0 Å². The average molecular weight is 277 g/mol. The first-order valence-corrected chi connectivity index (χ1v) is 6.11. The molecule has 1 N–H and O–H groups in total. The lowest BCUT2D eigenvalue weighted by atomic mass is 10.3. The molecule has 7 nitrogen and oxygen atoms in total. The number of rotatable bonds is 6. The van der Waals surface area contributed by atoms with Crippen molar-refractivity contribution in [2.24, 2.45) is 0 Å². The number of ether oxygens (including phenoxy) is 1. The standard InChI is InChI=1S/C13H15N3O4/c1-10-7-13(16(18)19)14-15(10)8-11(17)9-20-12-5-3-2-4-6-12/h2-7,11,17H,8-9H2,1H3. The van der Waals surface area contributed by atoms with Crippen LogP contribution in [0.15, 0.2) is 36.4 Å². The largest absolute Gasteiger partial charge is 0.491 e. The van der Waals surface area contributed by atoms with Crippen LogP contribution in [0.3, 0.4) is 0 Å². The van der Waals surface area contributed by atoms with Gasteiger partial charge < -0.3 is 20.0 Å². The third kappa shape index (κ3) is 3.55. The fourth-order valence-electron chi connectivity index (χ4n) is 1.73. The summed E-state index contributed by atoms with van der Waals surface area (Å²) in [5.41, 5.74) is 0.621. The minimum atomic E-state index is -0.798. The van der Waals surface area contributed by atoms with Crippen LogP contribution >= 0.6 is 0 Å². The summed E-state index contributed by atoms with van der Waals surface area (Å²) in [4.78, 5) is 10.0. The molecule has 1 aromatic heterocycles. The number of hydrogen-bond donors (Lipinski definition) is 1. The summed E-state index contributed by atoms with van der Waals surface area (Å²) in [6, 6.07) is 10.5. The fraction of sp³-hybridized carbons (Fsp3) is 0.308. The van der Waals surface area contributed by atoms with Crippen molar-refractivity contribution in [2.75, 3.05) is 6.61 Å². The maximum Gasteiger partial charge on any atom is 0.390 e. The van der Waals surface area contributed by atoms with Crippen LogP contribution in [0, 0.1) is 17.0 Å². The Morgan fingerprint density at radius 3 is 2.75 bits per heavy atom. The van der Waals surface area contributed by atoms with E-state index >= 15 is 0 Å². The Morgan fingerprint density at radius 1 is 1.45 bits per heavy atom. The molecule has 0 aliphatic rings. The quantitative estimate of drug-likeness (QED) is 0.639. The molecule has 1 unspecified atom stereocenters. The predicted molar refractivity (Wildman–Crippen MR) is 71.6 cm³/mol. The van der Waals surface area contributed by atoms with Gasteiger partial charge >= 0.3 is 5.82 Å². The molecule has 0 aliphatic heterocycles. The highest BCUT2D eigenvalue weighted by molar-refractivity contribution is 5.21. The first-order chi connectivity index (χ1) is 9.56. The highest BCUT2D eigenvalue weighted by atomic mass is 16.6. The minimum Gasteiger partial charge on any atom is -0.491 e. The van der Waals surface area contributed by atoms with E-state index in [1.54, 1.807) is 19.1 Å². The van der Waals surface area contributed by atoms with Crippen LogP contribution in [0.2, 0.25) is 0 Å². The third-order valence-corrected chi connectivity index (χ3v) is 2.72. The molecule has 2 aromatic rings. The number of hydrogen-bond acceptors (Lipinski definition) is 5. The van der Waals surface area contributed by atoms with Gasteiger partial charge in [-0.1, -0.05) is 18.2 Å². The van der Waals surface area contributed by atoms with E-state index < -0.39 is 11.0 Å². The summed E-state index contributed by atoms with van der Waals surface area (Å²) in [6.45, 7) is 1.94. The molecule has 2 rings (SSSR count). The summed E-state index contributed by atoms with van der Waals surface area (Å²) in [5.74, 6) is 0.438. The molecule has 0 saturated heterocycles.